The normalized spacial score (nSPS) is 18.1. The van der Waals surface area contributed by atoms with E-state index in [0.29, 0.717) is 25.8 Å². The maximum atomic E-state index is 11.8. The zero-order chi connectivity index (χ0) is 14.5. The zero-order valence-electron chi connectivity index (χ0n) is 12.2. The molecule has 1 saturated carbocycles. The predicted molar refractivity (Wildman–Crippen MR) is 79.7 cm³/mol. The van der Waals surface area contributed by atoms with E-state index in [4.69, 9.17) is 9.47 Å². The van der Waals surface area contributed by atoms with Crippen molar-refractivity contribution < 1.29 is 14.3 Å². The number of ether oxygens (including phenoxy) is 2. The van der Waals surface area contributed by atoms with E-state index in [2.05, 4.69) is 10.6 Å². The summed E-state index contributed by atoms with van der Waals surface area (Å²) in [4.78, 5) is 11.8. The molecule has 1 aliphatic carbocycles. The molecule has 1 heterocycles. The monoisotopic (exact) mass is 290 g/mol. The van der Waals surface area contributed by atoms with Crippen molar-refractivity contribution in [2.24, 2.45) is 0 Å². The minimum absolute atomic E-state index is 0.0889. The van der Waals surface area contributed by atoms with Gasteiger partial charge in [-0.2, -0.15) is 0 Å². The highest BCUT2D eigenvalue weighted by Gasteiger charge is 2.17. The van der Waals surface area contributed by atoms with Crippen molar-refractivity contribution in [3.8, 4) is 11.5 Å². The van der Waals surface area contributed by atoms with E-state index in [0.717, 1.165) is 36.3 Å². The SMILES string of the molecule is O=C(NCc1ccc2c(c1)OCCCO2)NC1CCCC1. The van der Waals surface area contributed by atoms with E-state index < -0.39 is 0 Å². The summed E-state index contributed by atoms with van der Waals surface area (Å²) in [6.07, 6.45) is 5.52. The number of hydrogen-bond acceptors (Lipinski definition) is 3. The van der Waals surface area contributed by atoms with Crippen molar-refractivity contribution in [2.75, 3.05) is 13.2 Å². The molecule has 2 N–H and O–H groups in total. The van der Waals surface area contributed by atoms with Gasteiger partial charge in [0.15, 0.2) is 11.5 Å². The Kier molecular flexibility index (Phi) is 4.48. The van der Waals surface area contributed by atoms with Crippen LogP contribution in [0.1, 0.15) is 37.7 Å². The molecule has 0 unspecified atom stereocenters. The maximum Gasteiger partial charge on any atom is 0.315 e. The molecule has 2 aliphatic rings. The summed E-state index contributed by atoms with van der Waals surface area (Å²) < 4.78 is 11.2. The lowest BCUT2D eigenvalue weighted by Gasteiger charge is -2.14. The molecule has 0 radical (unpaired) electrons. The number of carbonyl (C=O) groups excluding carboxylic acids is 1. The molecule has 1 fully saturated rings. The third-order valence-corrected chi connectivity index (χ3v) is 3.96. The van der Waals surface area contributed by atoms with Gasteiger partial charge >= 0.3 is 6.03 Å². The van der Waals surface area contributed by atoms with Gasteiger partial charge in [-0.3, -0.25) is 0 Å². The van der Waals surface area contributed by atoms with Gasteiger partial charge in [0.25, 0.3) is 0 Å². The summed E-state index contributed by atoms with van der Waals surface area (Å²) in [7, 11) is 0. The summed E-state index contributed by atoms with van der Waals surface area (Å²) in [6, 6.07) is 6.06. The van der Waals surface area contributed by atoms with Crippen LogP contribution < -0.4 is 20.1 Å². The van der Waals surface area contributed by atoms with Crippen molar-refractivity contribution in [3.05, 3.63) is 23.8 Å². The molecule has 3 rings (SSSR count). The summed E-state index contributed by atoms with van der Waals surface area (Å²) in [5.74, 6) is 1.55. The number of hydrogen-bond donors (Lipinski definition) is 2. The van der Waals surface area contributed by atoms with Crippen LogP contribution in [0.5, 0.6) is 11.5 Å². The fourth-order valence-electron chi connectivity index (χ4n) is 2.81. The number of rotatable bonds is 3. The first-order valence-electron chi connectivity index (χ1n) is 7.74. The lowest BCUT2D eigenvalue weighted by molar-refractivity contribution is 0.236. The van der Waals surface area contributed by atoms with Crippen LogP contribution >= 0.6 is 0 Å². The Morgan fingerprint density at radius 2 is 1.86 bits per heavy atom. The Bertz CT molecular complexity index is 498. The molecule has 2 amide bonds. The minimum atomic E-state index is -0.0889. The van der Waals surface area contributed by atoms with Crippen LogP contribution in [0.4, 0.5) is 4.79 Å². The third-order valence-electron chi connectivity index (χ3n) is 3.96. The summed E-state index contributed by atoms with van der Waals surface area (Å²) in [5.41, 5.74) is 1.01. The van der Waals surface area contributed by atoms with Gasteiger partial charge in [-0.1, -0.05) is 18.9 Å². The maximum absolute atomic E-state index is 11.8. The topological polar surface area (TPSA) is 59.6 Å². The second-order valence-corrected chi connectivity index (χ2v) is 5.64. The molecule has 1 aromatic rings. The first-order valence-corrected chi connectivity index (χ1v) is 7.74. The zero-order valence-corrected chi connectivity index (χ0v) is 12.2. The fourth-order valence-corrected chi connectivity index (χ4v) is 2.81. The minimum Gasteiger partial charge on any atom is -0.490 e. The lowest BCUT2D eigenvalue weighted by Crippen LogP contribution is -2.40. The average molecular weight is 290 g/mol. The van der Waals surface area contributed by atoms with Crippen molar-refractivity contribution >= 4 is 6.03 Å². The van der Waals surface area contributed by atoms with Crippen LogP contribution in [0, 0.1) is 0 Å². The number of fused-ring (bicyclic) bond motifs is 1. The Morgan fingerprint density at radius 3 is 2.67 bits per heavy atom. The van der Waals surface area contributed by atoms with Crippen molar-refractivity contribution in [2.45, 2.75) is 44.7 Å². The molecule has 21 heavy (non-hydrogen) atoms. The second kappa shape index (κ2) is 6.70. The van der Waals surface area contributed by atoms with Gasteiger partial charge in [0.2, 0.25) is 0 Å². The largest absolute Gasteiger partial charge is 0.490 e. The van der Waals surface area contributed by atoms with Crippen LogP contribution in [0.15, 0.2) is 18.2 Å². The van der Waals surface area contributed by atoms with Gasteiger partial charge in [-0.25, -0.2) is 4.79 Å². The summed E-state index contributed by atoms with van der Waals surface area (Å²) >= 11 is 0. The molecule has 0 bridgehead atoms. The molecule has 1 aromatic carbocycles. The Morgan fingerprint density at radius 1 is 1.10 bits per heavy atom. The summed E-state index contributed by atoms with van der Waals surface area (Å²) in [5, 5.41) is 5.92. The standard InChI is InChI=1S/C16H22N2O3/c19-16(18-13-4-1-2-5-13)17-11-12-6-7-14-15(10-12)21-9-3-8-20-14/h6-7,10,13H,1-5,8-9,11H2,(H2,17,18,19). The van der Waals surface area contributed by atoms with E-state index >= 15 is 0 Å². The molecule has 5 nitrogen and oxygen atoms in total. The molecule has 0 saturated heterocycles. The number of nitrogens with one attached hydrogen (secondary N) is 2. The molecule has 0 atom stereocenters. The highest BCUT2D eigenvalue weighted by molar-refractivity contribution is 5.74. The van der Waals surface area contributed by atoms with Gasteiger partial charge in [-0.05, 0) is 30.5 Å². The first kappa shape index (κ1) is 14.0. The van der Waals surface area contributed by atoms with Gasteiger partial charge in [0.05, 0.1) is 13.2 Å². The fraction of sp³-hybridized carbons (Fsp3) is 0.562. The number of urea groups is 1. The Balaban J connectivity index is 1.52. The van der Waals surface area contributed by atoms with E-state index in [1.165, 1.54) is 12.8 Å². The van der Waals surface area contributed by atoms with E-state index in [-0.39, 0.29) is 6.03 Å². The van der Waals surface area contributed by atoms with Crippen LogP contribution in [-0.2, 0) is 6.54 Å². The van der Waals surface area contributed by atoms with Crippen molar-refractivity contribution in [3.63, 3.8) is 0 Å². The highest BCUT2D eigenvalue weighted by Crippen LogP contribution is 2.30. The van der Waals surface area contributed by atoms with E-state index in [1.54, 1.807) is 0 Å². The first-order chi connectivity index (χ1) is 10.3. The molecule has 0 spiro atoms. The third kappa shape index (κ3) is 3.80. The smallest absolute Gasteiger partial charge is 0.315 e. The van der Waals surface area contributed by atoms with Crippen LogP contribution in [0.25, 0.3) is 0 Å². The van der Waals surface area contributed by atoms with Gasteiger partial charge in [-0.15, -0.1) is 0 Å². The van der Waals surface area contributed by atoms with Gasteiger partial charge in [0.1, 0.15) is 0 Å². The van der Waals surface area contributed by atoms with E-state index in [9.17, 15) is 4.79 Å². The van der Waals surface area contributed by atoms with Crippen LogP contribution in [0.2, 0.25) is 0 Å². The molecule has 0 aromatic heterocycles. The molecule has 114 valence electrons. The summed E-state index contributed by atoms with van der Waals surface area (Å²) in [6.45, 7) is 1.86. The number of carbonyl (C=O) groups is 1. The van der Waals surface area contributed by atoms with Crippen LogP contribution in [0.3, 0.4) is 0 Å². The van der Waals surface area contributed by atoms with Crippen molar-refractivity contribution in [1.29, 1.82) is 0 Å². The highest BCUT2D eigenvalue weighted by atomic mass is 16.5. The molecule has 1 aliphatic heterocycles. The molecule has 5 heteroatoms. The quantitative estimate of drug-likeness (QED) is 0.899. The van der Waals surface area contributed by atoms with E-state index in [1.807, 2.05) is 18.2 Å². The molecular weight excluding hydrogens is 268 g/mol. The number of benzene rings is 1. The molecular formula is C16H22N2O3. The second-order valence-electron chi connectivity index (χ2n) is 5.64. The van der Waals surface area contributed by atoms with Gasteiger partial charge < -0.3 is 20.1 Å². The Hall–Kier alpha value is -1.91. The van der Waals surface area contributed by atoms with Crippen LogP contribution in [-0.4, -0.2) is 25.3 Å². The number of amides is 2. The van der Waals surface area contributed by atoms with Gasteiger partial charge in [0, 0.05) is 19.0 Å². The Labute approximate surface area is 125 Å². The van der Waals surface area contributed by atoms with Crippen molar-refractivity contribution in [1.82, 2.24) is 10.6 Å². The average Bonchev–Trinajstić information content (AvgIpc) is 2.88. The predicted octanol–water partition coefficient (Wildman–Crippen LogP) is 2.59. The lowest BCUT2D eigenvalue weighted by atomic mass is 10.2.